The lowest BCUT2D eigenvalue weighted by Crippen LogP contribution is -2.42. The van der Waals surface area contributed by atoms with E-state index in [0.29, 0.717) is 0 Å². The third kappa shape index (κ3) is 5.00. The molecule has 0 aliphatic rings. The summed E-state index contributed by atoms with van der Waals surface area (Å²) >= 11 is 1.84. The number of nitrogens with zero attached hydrogens (tertiary/aromatic N) is 3. The van der Waals surface area contributed by atoms with E-state index in [1.807, 2.05) is 31.2 Å². The molecule has 0 spiro atoms. The number of aliphatic imine (C=N–C) groups is 1. The Morgan fingerprint density at radius 2 is 2.22 bits per heavy atom. The maximum Gasteiger partial charge on any atom is 0.191 e. The molecule has 0 saturated carbocycles. The number of rotatable bonds is 5. The molecule has 2 N–H and O–H groups in total. The van der Waals surface area contributed by atoms with Gasteiger partial charge in [-0.25, -0.2) is 0 Å². The van der Waals surface area contributed by atoms with Crippen LogP contribution in [-0.2, 0) is 13.6 Å². The standard InChI is InChI=1S/C12H23N5S/c1-12(2,18-5)9-15-11(13-3)14-6-10-7-16-17(4)8-10/h7-8H,6,9H2,1-5H3,(H2,13,14,15). The largest absolute Gasteiger partial charge is 0.355 e. The third-order valence-corrected chi connectivity index (χ3v) is 3.93. The lowest BCUT2D eigenvalue weighted by Gasteiger charge is -2.23. The van der Waals surface area contributed by atoms with Gasteiger partial charge in [-0.2, -0.15) is 16.9 Å². The van der Waals surface area contributed by atoms with Crippen LogP contribution in [0, 0.1) is 0 Å². The molecular formula is C12H23N5S. The van der Waals surface area contributed by atoms with Crippen LogP contribution in [0.3, 0.4) is 0 Å². The summed E-state index contributed by atoms with van der Waals surface area (Å²) in [6, 6.07) is 0. The van der Waals surface area contributed by atoms with Crippen LogP contribution < -0.4 is 10.6 Å². The van der Waals surface area contributed by atoms with Gasteiger partial charge in [0, 0.05) is 43.7 Å². The molecule has 1 heterocycles. The fraction of sp³-hybridized carbons (Fsp3) is 0.667. The fourth-order valence-corrected chi connectivity index (χ4v) is 1.55. The van der Waals surface area contributed by atoms with Gasteiger partial charge in [0.2, 0.25) is 0 Å². The number of aryl methyl sites for hydroxylation is 1. The summed E-state index contributed by atoms with van der Waals surface area (Å²) < 4.78 is 2.00. The Morgan fingerprint density at radius 1 is 1.50 bits per heavy atom. The van der Waals surface area contributed by atoms with Gasteiger partial charge in [-0.15, -0.1) is 0 Å². The van der Waals surface area contributed by atoms with Gasteiger partial charge < -0.3 is 10.6 Å². The highest BCUT2D eigenvalue weighted by Gasteiger charge is 2.15. The van der Waals surface area contributed by atoms with E-state index in [0.717, 1.165) is 24.6 Å². The quantitative estimate of drug-likeness (QED) is 0.623. The second kappa shape index (κ2) is 6.68. The minimum Gasteiger partial charge on any atom is -0.355 e. The van der Waals surface area contributed by atoms with Gasteiger partial charge in [0.1, 0.15) is 0 Å². The zero-order valence-corrected chi connectivity index (χ0v) is 12.6. The molecule has 0 aliphatic carbocycles. The van der Waals surface area contributed by atoms with E-state index < -0.39 is 0 Å². The summed E-state index contributed by atoms with van der Waals surface area (Å²) in [5.74, 6) is 0.820. The van der Waals surface area contributed by atoms with E-state index in [1.54, 1.807) is 11.7 Å². The van der Waals surface area contributed by atoms with E-state index in [-0.39, 0.29) is 4.75 Å². The van der Waals surface area contributed by atoms with Gasteiger partial charge in [0.05, 0.1) is 6.20 Å². The minimum atomic E-state index is 0.200. The molecule has 18 heavy (non-hydrogen) atoms. The molecule has 1 rings (SSSR count). The van der Waals surface area contributed by atoms with Gasteiger partial charge >= 0.3 is 0 Å². The molecule has 0 aromatic carbocycles. The molecule has 5 nitrogen and oxygen atoms in total. The Kier molecular flexibility index (Phi) is 5.53. The van der Waals surface area contributed by atoms with Crippen LogP contribution in [0.15, 0.2) is 17.4 Å². The Balaban J connectivity index is 2.39. The second-order valence-electron chi connectivity index (χ2n) is 4.77. The Morgan fingerprint density at radius 3 is 2.72 bits per heavy atom. The first-order valence-electron chi connectivity index (χ1n) is 5.94. The van der Waals surface area contributed by atoms with Crippen LogP contribution in [0.4, 0.5) is 0 Å². The van der Waals surface area contributed by atoms with Crippen molar-refractivity contribution in [3.8, 4) is 0 Å². The highest BCUT2D eigenvalue weighted by Crippen LogP contribution is 2.19. The topological polar surface area (TPSA) is 54.2 Å². The predicted molar refractivity (Wildman–Crippen MR) is 79.0 cm³/mol. The average Bonchev–Trinajstić information content (AvgIpc) is 2.75. The molecule has 1 aromatic heterocycles. The highest BCUT2D eigenvalue weighted by atomic mass is 32.2. The molecule has 1 aromatic rings. The Hall–Kier alpha value is -1.17. The zero-order chi connectivity index (χ0) is 13.6. The van der Waals surface area contributed by atoms with Crippen LogP contribution in [0.2, 0.25) is 0 Å². The lowest BCUT2D eigenvalue weighted by atomic mass is 10.2. The molecule has 0 aliphatic heterocycles. The molecular weight excluding hydrogens is 246 g/mol. The summed E-state index contributed by atoms with van der Waals surface area (Å²) in [5, 5.41) is 10.7. The second-order valence-corrected chi connectivity index (χ2v) is 6.28. The molecule has 0 unspecified atom stereocenters. The number of nitrogens with one attached hydrogen (secondary N) is 2. The zero-order valence-electron chi connectivity index (χ0n) is 11.8. The fourth-order valence-electron chi connectivity index (χ4n) is 1.34. The van der Waals surface area contributed by atoms with Gasteiger partial charge in [-0.05, 0) is 20.1 Å². The highest BCUT2D eigenvalue weighted by molar-refractivity contribution is 7.99. The summed E-state index contributed by atoms with van der Waals surface area (Å²) in [6.07, 6.45) is 5.96. The number of guanidine groups is 1. The number of aromatic nitrogens is 2. The van der Waals surface area contributed by atoms with Crippen LogP contribution in [-0.4, -0.2) is 40.3 Å². The van der Waals surface area contributed by atoms with Crippen molar-refractivity contribution in [3.63, 3.8) is 0 Å². The van der Waals surface area contributed by atoms with E-state index in [2.05, 4.69) is 40.8 Å². The predicted octanol–water partition coefficient (Wildman–Crippen LogP) is 1.23. The van der Waals surface area contributed by atoms with Crippen LogP contribution in [0.5, 0.6) is 0 Å². The van der Waals surface area contributed by atoms with Gasteiger partial charge in [0.15, 0.2) is 5.96 Å². The van der Waals surface area contributed by atoms with Crippen molar-refractivity contribution >= 4 is 17.7 Å². The minimum absolute atomic E-state index is 0.200. The molecule has 0 amide bonds. The van der Waals surface area contributed by atoms with Gasteiger partial charge in [0.25, 0.3) is 0 Å². The number of thioether (sulfide) groups is 1. The van der Waals surface area contributed by atoms with Crippen molar-refractivity contribution in [2.75, 3.05) is 19.8 Å². The molecule has 102 valence electrons. The number of hydrogen-bond acceptors (Lipinski definition) is 3. The monoisotopic (exact) mass is 269 g/mol. The maximum atomic E-state index is 4.21. The molecule has 0 fully saturated rings. The van der Waals surface area contributed by atoms with Crippen molar-refractivity contribution < 1.29 is 0 Å². The molecule has 6 heteroatoms. The van der Waals surface area contributed by atoms with Crippen LogP contribution in [0.1, 0.15) is 19.4 Å². The van der Waals surface area contributed by atoms with Crippen molar-refractivity contribution in [2.45, 2.75) is 25.1 Å². The lowest BCUT2D eigenvalue weighted by molar-refractivity contribution is 0.664. The summed E-state index contributed by atoms with van der Waals surface area (Å²) in [4.78, 5) is 4.21. The van der Waals surface area contributed by atoms with Crippen molar-refractivity contribution in [1.29, 1.82) is 0 Å². The normalized spacial score (nSPS) is 12.6. The summed E-state index contributed by atoms with van der Waals surface area (Å²) in [5.41, 5.74) is 1.14. The van der Waals surface area contributed by atoms with Gasteiger partial charge in [-0.1, -0.05) is 0 Å². The molecule has 0 saturated heterocycles. The van der Waals surface area contributed by atoms with Gasteiger partial charge in [-0.3, -0.25) is 9.67 Å². The van der Waals surface area contributed by atoms with E-state index in [9.17, 15) is 0 Å². The first-order valence-corrected chi connectivity index (χ1v) is 7.16. The van der Waals surface area contributed by atoms with E-state index >= 15 is 0 Å². The Labute approximate surface area is 113 Å². The van der Waals surface area contributed by atoms with Crippen LogP contribution >= 0.6 is 11.8 Å². The Bertz CT molecular complexity index is 397. The van der Waals surface area contributed by atoms with Crippen molar-refractivity contribution in [2.24, 2.45) is 12.0 Å². The first-order chi connectivity index (χ1) is 8.46. The maximum absolute atomic E-state index is 4.21. The van der Waals surface area contributed by atoms with E-state index in [4.69, 9.17) is 0 Å². The molecule has 0 bridgehead atoms. The summed E-state index contributed by atoms with van der Waals surface area (Å²) in [7, 11) is 3.70. The smallest absolute Gasteiger partial charge is 0.191 e. The number of hydrogen-bond donors (Lipinski definition) is 2. The SMILES string of the molecule is CN=C(NCc1cnn(C)c1)NCC(C)(C)SC. The molecule has 0 atom stereocenters. The average molecular weight is 269 g/mol. The van der Waals surface area contributed by atoms with Crippen LogP contribution in [0.25, 0.3) is 0 Å². The summed E-state index contributed by atoms with van der Waals surface area (Å²) in [6.45, 7) is 6.02. The van der Waals surface area contributed by atoms with Crippen molar-refractivity contribution in [3.05, 3.63) is 18.0 Å². The third-order valence-electron chi connectivity index (χ3n) is 2.68. The van der Waals surface area contributed by atoms with Crippen molar-refractivity contribution in [1.82, 2.24) is 20.4 Å². The first kappa shape index (κ1) is 14.9. The van der Waals surface area contributed by atoms with E-state index in [1.165, 1.54) is 0 Å². The molecule has 0 radical (unpaired) electrons.